The van der Waals surface area contributed by atoms with Crippen molar-refractivity contribution in [2.75, 3.05) is 32.8 Å². The van der Waals surface area contributed by atoms with Crippen LogP contribution in [0.25, 0.3) is 0 Å². The van der Waals surface area contributed by atoms with Crippen LogP contribution >= 0.6 is 11.6 Å². The monoisotopic (exact) mass is 311 g/mol. The van der Waals surface area contributed by atoms with Crippen molar-refractivity contribution in [2.24, 2.45) is 0 Å². The highest BCUT2D eigenvalue weighted by atomic mass is 35.5. The third-order valence-corrected chi connectivity index (χ3v) is 3.88. The Morgan fingerprint density at radius 1 is 1.14 bits per heavy atom. The molecule has 1 fully saturated rings. The minimum Gasteiger partial charge on any atom is -0.381 e. The largest absolute Gasteiger partial charge is 0.381 e. The van der Waals surface area contributed by atoms with Crippen molar-refractivity contribution >= 4 is 11.6 Å². The van der Waals surface area contributed by atoms with Crippen molar-refractivity contribution in [2.45, 2.75) is 45.4 Å². The van der Waals surface area contributed by atoms with E-state index in [1.807, 2.05) is 25.2 Å². The van der Waals surface area contributed by atoms with Crippen LogP contribution < -0.4 is 0 Å². The zero-order chi connectivity index (χ0) is 15.3. The zero-order valence-electron chi connectivity index (χ0n) is 13.5. The van der Waals surface area contributed by atoms with E-state index in [1.54, 1.807) is 0 Å². The number of halogens is 1. The molecule has 0 radical (unpaired) electrons. The Morgan fingerprint density at radius 2 is 1.86 bits per heavy atom. The molecule has 1 aliphatic heterocycles. The molecule has 120 valence electrons. The van der Waals surface area contributed by atoms with Crippen molar-refractivity contribution in [3.05, 3.63) is 35.4 Å². The Bertz CT molecular complexity index is 339. The predicted molar refractivity (Wildman–Crippen MR) is 92.9 cm³/mol. The lowest BCUT2D eigenvalue weighted by molar-refractivity contribution is 0.115. The summed E-state index contributed by atoms with van der Waals surface area (Å²) >= 11 is 5.81. The van der Waals surface area contributed by atoms with Crippen LogP contribution in [0.1, 0.15) is 45.4 Å². The van der Waals surface area contributed by atoms with Gasteiger partial charge in [0, 0.05) is 24.8 Å². The maximum absolute atomic E-state index is 5.81. The van der Waals surface area contributed by atoms with Gasteiger partial charge in [0.2, 0.25) is 0 Å². The topological polar surface area (TPSA) is 12.5 Å². The maximum Gasteiger partial charge on any atom is 0.0478 e. The number of nitrogens with zero attached hydrogens (tertiary/aromatic N) is 1. The van der Waals surface area contributed by atoms with Crippen molar-refractivity contribution in [1.82, 2.24) is 4.90 Å². The molecule has 0 aromatic heterocycles. The van der Waals surface area contributed by atoms with Gasteiger partial charge in [-0.1, -0.05) is 36.8 Å². The number of hydrogen-bond donors (Lipinski definition) is 0. The molecule has 0 N–H and O–H groups in total. The smallest absolute Gasteiger partial charge is 0.0478 e. The Morgan fingerprint density at radius 3 is 2.52 bits per heavy atom. The van der Waals surface area contributed by atoms with Gasteiger partial charge in [0.05, 0.1) is 0 Å². The number of likely N-dealkylation sites (tertiary alicyclic amines) is 1. The van der Waals surface area contributed by atoms with Crippen LogP contribution in [0.2, 0.25) is 0 Å². The molecule has 2 nitrogen and oxygen atoms in total. The first-order chi connectivity index (χ1) is 10.2. The van der Waals surface area contributed by atoms with Crippen molar-refractivity contribution in [1.29, 1.82) is 0 Å². The van der Waals surface area contributed by atoms with Crippen LogP contribution in [0.15, 0.2) is 35.4 Å². The highest BCUT2D eigenvalue weighted by molar-refractivity contribution is 6.29. The third-order valence-electron chi connectivity index (χ3n) is 3.76. The van der Waals surface area contributed by atoms with Crippen LogP contribution in [0.4, 0.5) is 0 Å². The second-order valence-corrected chi connectivity index (χ2v) is 6.27. The third kappa shape index (κ3) is 9.89. The van der Waals surface area contributed by atoms with Crippen LogP contribution in [0.5, 0.6) is 0 Å². The summed E-state index contributed by atoms with van der Waals surface area (Å²) in [5.41, 5.74) is 1.21. The van der Waals surface area contributed by atoms with E-state index in [4.69, 9.17) is 16.3 Å². The quantitative estimate of drug-likeness (QED) is 0.419. The lowest BCUT2D eigenvalue weighted by Gasteiger charge is -2.26. The summed E-state index contributed by atoms with van der Waals surface area (Å²) in [5.74, 6) is 0. The minimum absolute atomic E-state index is 0.795. The van der Waals surface area contributed by atoms with Gasteiger partial charge >= 0.3 is 0 Å². The van der Waals surface area contributed by atoms with Gasteiger partial charge in [-0.25, -0.2) is 0 Å². The van der Waals surface area contributed by atoms with Gasteiger partial charge in [-0.2, -0.15) is 0 Å². The summed E-state index contributed by atoms with van der Waals surface area (Å²) in [5, 5.41) is 0.795. The van der Waals surface area contributed by atoms with Crippen molar-refractivity contribution < 1.29 is 4.74 Å². The summed E-state index contributed by atoms with van der Waals surface area (Å²) in [6.45, 7) is 11.2. The second kappa shape index (κ2) is 12.0. The number of piperidine rings is 1. The van der Waals surface area contributed by atoms with Gasteiger partial charge in [-0.3, -0.25) is 0 Å². The van der Waals surface area contributed by atoms with Gasteiger partial charge in [0.15, 0.2) is 0 Å². The summed E-state index contributed by atoms with van der Waals surface area (Å²) < 4.78 is 5.72. The second-order valence-electron chi connectivity index (χ2n) is 5.67. The summed E-state index contributed by atoms with van der Waals surface area (Å²) in [7, 11) is 0. The lowest BCUT2D eigenvalue weighted by Crippen LogP contribution is -2.31. The van der Waals surface area contributed by atoms with Gasteiger partial charge in [-0.15, -0.1) is 0 Å². The molecule has 0 amide bonds. The molecule has 1 rings (SSSR count). The molecule has 1 saturated heterocycles. The molecule has 0 aromatic carbocycles. The molecule has 21 heavy (non-hydrogen) atoms. The van der Waals surface area contributed by atoms with E-state index in [9.17, 15) is 0 Å². The van der Waals surface area contributed by atoms with Gasteiger partial charge in [0.25, 0.3) is 0 Å². The SMILES string of the molecule is C=C/C(=C\C=C(/C)Cl)CCCOCCCN1CCCCC1. The van der Waals surface area contributed by atoms with Crippen LogP contribution in [-0.2, 0) is 4.74 Å². The fourth-order valence-electron chi connectivity index (χ4n) is 2.53. The Hall–Kier alpha value is -0.570. The fourth-order valence-corrected chi connectivity index (χ4v) is 2.59. The molecule has 3 heteroatoms. The predicted octanol–water partition coefficient (Wildman–Crippen LogP) is 4.91. The van der Waals surface area contributed by atoms with E-state index in [2.05, 4.69) is 11.5 Å². The van der Waals surface area contributed by atoms with Crippen LogP contribution in [0, 0.1) is 0 Å². The molecular weight excluding hydrogens is 282 g/mol. The highest BCUT2D eigenvalue weighted by Gasteiger charge is 2.08. The van der Waals surface area contributed by atoms with Gasteiger partial charge in [0.1, 0.15) is 0 Å². The van der Waals surface area contributed by atoms with E-state index in [-0.39, 0.29) is 0 Å². The lowest BCUT2D eigenvalue weighted by atomic mass is 10.1. The summed E-state index contributed by atoms with van der Waals surface area (Å²) in [6, 6.07) is 0. The number of ether oxygens (including phenoxy) is 1. The van der Waals surface area contributed by atoms with Gasteiger partial charge in [-0.05, 0) is 63.8 Å². The molecular formula is C18H30ClNO. The van der Waals surface area contributed by atoms with E-state index in [0.717, 1.165) is 37.5 Å². The molecule has 0 bridgehead atoms. The number of allylic oxidation sites excluding steroid dienone is 5. The Balaban J connectivity index is 1.99. The molecule has 0 atom stereocenters. The maximum atomic E-state index is 5.81. The van der Waals surface area contributed by atoms with Crippen LogP contribution in [-0.4, -0.2) is 37.7 Å². The first-order valence-electron chi connectivity index (χ1n) is 8.18. The standard InChI is InChI=1S/C18H30ClNO/c1-3-18(11-10-17(2)19)9-7-15-21-16-8-14-20-12-5-4-6-13-20/h3,10-11H,1,4-9,12-16H2,2H3/b17-10+,18-11+. The fraction of sp³-hybridized carbons (Fsp3) is 0.667. The molecule has 0 aliphatic carbocycles. The first-order valence-corrected chi connectivity index (χ1v) is 8.55. The average Bonchev–Trinajstić information content (AvgIpc) is 2.50. The first kappa shape index (κ1) is 18.5. The van der Waals surface area contributed by atoms with Gasteiger partial charge < -0.3 is 9.64 Å². The molecule has 0 spiro atoms. The normalized spacial score (nSPS) is 18.0. The molecule has 0 saturated carbocycles. The van der Waals surface area contributed by atoms with E-state index < -0.39 is 0 Å². The summed E-state index contributed by atoms with van der Waals surface area (Å²) in [6.07, 6.45) is 13.2. The van der Waals surface area contributed by atoms with E-state index in [1.165, 1.54) is 44.5 Å². The van der Waals surface area contributed by atoms with Crippen molar-refractivity contribution in [3.63, 3.8) is 0 Å². The summed E-state index contributed by atoms with van der Waals surface area (Å²) in [4.78, 5) is 2.56. The molecule has 0 aromatic rings. The highest BCUT2D eigenvalue weighted by Crippen LogP contribution is 2.10. The Kier molecular flexibility index (Phi) is 10.6. The average molecular weight is 312 g/mol. The number of hydrogen-bond acceptors (Lipinski definition) is 2. The molecule has 1 heterocycles. The molecule has 1 aliphatic rings. The molecule has 0 unspecified atom stereocenters. The van der Waals surface area contributed by atoms with Crippen molar-refractivity contribution in [3.8, 4) is 0 Å². The minimum atomic E-state index is 0.795. The number of rotatable bonds is 10. The van der Waals surface area contributed by atoms with E-state index in [0.29, 0.717) is 0 Å². The van der Waals surface area contributed by atoms with Crippen LogP contribution in [0.3, 0.4) is 0 Å². The zero-order valence-corrected chi connectivity index (χ0v) is 14.2. The Labute approximate surface area is 135 Å². The van der Waals surface area contributed by atoms with E-state index >= 15 is 0 Å².